The molecule has 1 heterocycles. The number of nitrogens with one attached hydrogen (secondary N) is 3. The summed E-state index contributed by atoms with van der Waals surface area (Å²) in [5, 5.41) is 8.06. The van der Waals surface area contributed by atoms with Crippen molar-refractivity contribution in [2.24, 2.45) is 0 Å². The molecule has 0 saturated carbocycles. The molecule has 7 heteroatoms. The molecule has 0 aliphatic carbocycles. The van der Waals surface area contributed by atoms with Crippen molar-refractivity contribution >= 4 is 17.6 Å². The lowest BCUT2D eigenvalue weighted by atomic mass is 10.3. The topological polar surface area (TPSA) is 96.0 Å². The molecule has 18 heavy (non-hydrogen) atoms. The third-order valence-corrected chi connectivity index (χ3v) is 2.15. The zero-order valence-electron chi connectivity index (χ0n) is 10.5. The first-order chi connectivity index (χ1) is 8.67. The molecule has 1 aromatic heterocycles. The summed E-state index contributed by atoms with van der Waals surface area (Å²) in [5.41, 5.74) is 0.227. The molecular formula is C11H17N5O2. The van der Waals surface area contributed by atoms with Crippen molar-refractivity contribution in [2.75, 3.05) is 25.5 Å². The summed E-state index contributed by atoms with van der Waals surface area (Å²) < 4.78 is 0. The van der Waals surface area contributed by atoms with E-state index in [-0.39, 0.29) is 30.5 Å². The lowest BCUT2D eigenvalue weighted by molar-refractivity contribution is -0.120. The number of rotatable bonds is 6. The van der Waals surface area contributed by atoms with E-state index in [1.807, 2.05) is 6.92 Å². The summed E-state index contributed by atoms with van der Waals surface area (Å²) in [5.74, 6) is 0.165. The Morgan fingerprint density at radius 1 is 1.22 bits per heavy atom. The van der Waals surface area contributed by atoms with Crippen LogP contribution in [0.2, 0.25) is 0 Å². The Bertz CT molecular complexity index is 404. The van der Waals surface area contributed by atoms with Crippen LogP contribution in [0.15, 0.2) is 12.4 Å². The van der Waals surface area contributed by atoms with E-state index >= 15 is 0 Å². The van der Waals surface area contributed by atoms with E-state index in [1.54, 1.807) is 7.05 Å². The summed E-state index contributed by atoms with van der Waals surface area (Å²) in [6.07, 6.45) is 3.10. The van der Waals surface area contributed by atoms with E-state index in [1.165, 1.54) is 12.4 Å². The molecule has 7 nitrogen and oxygen atoms in total. The normalized spacial score (nSPS) is 9.67. The molecule has 0 saturated heterocycles. The molecule has 1 rings (SSSR count). The SMILES string of the molecule is CCNC(=O)CCNC(=O)c1cnc(NC)cn1. The fourth-order valence-corrected chi connectivity index (χ4v) is 1.24. The molecule has 0 radical (unpaired) electrons. The number of carbonyl (C=O) groups is 2. The molecule has 0 aromatic carbocycles. The van der Waals surface area contributed by atoms with Gasteiger partial charge in [-0.2, -0.15) is 0 Å². The Hall–Kier alpha value is -2.18. The summed E-state index contributed by atoms with van der Waals surface area (Å²) in [6, 6.07) is 0. The number of aromatic nitrogens is 2. The number of hydrogen-bond acceptors (Lipinski definition) is 5. The number of hydrogen-bond donors (Lipinski definition) is 3. The van der Waals surface area contributed by atoms with E-state index in [2.05, 4.69) is 25.9 Å². The first-order valence-corrected chi connectivity index (χ1v) is 5.72. The van der Waals surface area contributed by atoms with Crippen molar-refractivity contribution in [1.29, 1.82) is 0 Å². The zero-order valence-corrected chi connectivity index (χ0v) is 10.5. The first kappa shape index (κ1) is 13.9. The average Bonchev–Trinajstić information content (AvgIpc) is 2.39. The predicted octanol–water partition coefficient (Wildman–Crippen LogP) is -0.226. The number of amides is 2. The Kier molecular flexibility index (Phi) is 5.56. The van der Waals surface area contributed by atoms with E-state index in [9.17, 15) is 9.59 Å². The zero-order chi connectivity index (χ0) is 13.4. The highest BCUT2D eigenvalue weighted by Crippen LogP contribution is 1.99. The lowest BCUT2D eigenvalue weighted by Crippen LogP contribution is -2.31. The minimum atomic E-state index is -0.338. The standard InChI is InChI=1S/C11H17N5O2/c1-3-13-10(17)4-5-14-11(18)8-6-16-9(12-2)7-15-8/h6-7H,3-5H2,1-2H3,(H,12,16)(H,13,17)(H,14,18). The maximum absolute atomic E-state index is 11.6. The molecule has 98 valence electrons. The smallest absolute Gasteiger partial charge is 0.271 e. The van der Waals surface area contributed by atoms with Gasteiger partial charge >= 0.3 is 0 Å². The van der Waals surface area contributed by atoms with Crippen LogP contribution >= 0.6 is 0 Å². The van der Waals surface area contributed by atoms with Crippen LogP contribution in [0, 0.1) is 0 Å². The minimum Gasteiger partial charge on any atom is -0.372 e. The van der Waals surface area contributed by atoms with Crippen LogP contribution in [-0.4, -0.2) is 41.9 Å². The molecular weight excluding hydrogens is 234 g/mol. The Balaban J connectivity index is 2.38. The van der Waals surface area contributed by atoms with Gasteiger partial charge in [0.15, 0.2) is 0 Å². The van der Waals surface area contributed by atoms with Crippen LogP contribution in [0.4, 0.5) is 5.82 Å². The first-order valence-electron chi connectivity index (χ1n) is 5.72. The lowest BCUT2D eigenvalue weighted by Gasteiger charge is -2.05. The number of carbonyl (C=O) groups excluding carboxylic acids is 2. The molecule has 3 N–H and O–H groups in total. The Labute approximate surface area is 105 Å². The maximum Gasteiger partial charge on any atom is 0.271 e. The van der Waals surface area contributed by atoms with E-state index in [4.69, 9.17) is 0 Å². The van der Waals surface area contributed by atoms with Crippen molar-refractivity contribution in [3.8, 4) is 0 Å². The molecule has 0 spiro atoms. The van der Waals surface area contributed by atoms with Crippen LogP contribution in [-0.2, 0) is 4.79 Å². The highest BCUT2D eigenvalue weighted by molar-refractivity contribution is 5.92. The van der Waals surface area contributed by atoms with Gasteiger partial charge in [0, 0.05) is 26.6 Å². The van der Waals surface area contributed by atoms with Gasteiger partial charge in [0.05, 0.1) is 12.4 Å². The van der Waals surface area contributed by atoms with Crippen molar-refractivity contribution in [3.63, 3.8) is 0 Å². The molecule has 0 aliphatic heterocycles. The van der Waals surface area contributed by atoms with Crippen molar-refractivity contribution in [1.82, 2.24) is 20.6 Å². The second-order valence-corrected chi connectivity index (χ2v) is 3.50. The number of nitrogens with zero attached hydrogens (tertiary/aromatic N) is 2. The Morgan fingerprint density at radius 3 is 2.56 bits per heavy atom. The van der Waals surface area contributed by atoms with Gasteiger partial charge in [0.25, 0.3) is 5.91 Å². The van der Waals surface area contributed by atoms with Gasteiger partial charge in [-0.25, -0.2) is 9.97 Å². The molecule has 2 amide bonds. The molecule has 0 atom stereocenters. The fourth-order valence-electron chi connectivity index (χ4n) is 1.24. The molecule has 1 aromatic rings. The molecule has 0 aliphatic rings. The fraction of sp³-hybridized carbons (Fsp3) is 0.455. The minimum absolute atomic E-state index is 0.0885. The maximum atomic E-state index is 11.6. The van der Waals surface area contributed by atoms with Crippen LogP contribution in [0.3, 0.4) is 0 Å². The van der Waals surface area contributed by atoms with Crippen LogP contribution in [0.5, 0.6) is 0 Å². The summed E-state index contributed by atoms with van der Waals surface area (Å²) in [7, 11) is 1.72. The van der Waals surface area contributed by atoms with Gasteiger partial charge in [-0.3, -0.25) is 9.59 Å². The van der Waals surface area contributed by atoms with Gasteiger partial charge in [0.1, 0.15) is 11.5 Å². The van der Waals surface area contributed by atoms with Crippen LogP contribution < -0.4 is 16.0 Å². The van der Waals surface area contributed by atoms with Gasteiger partial charge in [-0.1, -0.05) is 0 Å². The summed E-state index contributed by atoms with van der Waals surface area (Å²) in [4.78, 5) is 30.7. The van der Waals surface area contributed by atoms with Crippen molar-refractivity contribution in [2.45, 2.75) is 13.3 Å². The van der Waals surface area contributed by atoms with Gasteiger partial charge in [0.2, 0.25) is 5.91 Å². The van der Waals surface area contributed by atoms with Gasteiger partial charge < -0.3 is 16.0 Å². The van der Waals surface area contributed by atoms with Crippen LogP contribution in [0.25, 0.3) is 0 Å². The van der Waals surface area contributed by atoms with E-state index in [0.29, 0.717) is 12.4 Å². The third kappa shape index (κ3) is 4.36. The second kappa shape index (κ2) is 7.21. The van der Waals surface area contributed by atoms with E-state index in [0.717, 1.165) is 0 Å². The highest BCUT2D eigenvalue weighted by atomic mass is 16.2. The quantitative estimate of drug-likeness (QED) is 0.649. The largest absolute Gasteiger partial charge is 0.372 e. The average molecular weight is 251 g/mol. The van der Waals surface area contributed by atoms with Gasteiger partial charge in [-0.05, 0) is 6.92 Å². The monoisotopic (exact) mass is 251 g/mol. The molecule has 0 unspecified atom stereocenters. The summed E-state index contributed by atoms with van der Waals surface area (Å²) in [6.45, 7) is 2.71. The Morgan fingerprint density at radius 2 is 2.00 bits per heavy atom. The predicted molar refractivity (Wildman–Crippen MR) is 67.2 cm³/mol. The van der Waals surface area contributed by atoms with Crippen molar-refractivity contribution in [3.05, 3.63) is 18.1 Å². The van der Waals surface area contributed by atoms with Crippen molar-refractivity contribution < 1.29 is 9.59 Å². The van der Waals surface area contributed by atoms with Gasteiger partial charge in [-0.15, -0.1) is 0 Å². The molecule has 0 fully saturated rings. The number of anilines is 1. The second-order valence-electron chi connectivity index (χ2n) is 3.50. The highest BCUT2D eigenvalue weighted by Gasteiger charge is 2.08. The van der Waals surface area contributed by atoms with Crippen LogP contribution in [0.1, 0.15) is 23.8 Å². The third-order valence-electron chi connectivity index (χ3n) is 2.15. The van der Waals surface area contributed by atoms with E-state index < -0.39 is 0 Å². The molecule has 0 bridgehead atoms. The summed E-state index contributed by atoms with van der Waals surface area (Å²) >= 11 is 0.